The van der Waals surface area contributed by atoms with E-state index < -0.39 is 0 Å². The van der Waals surface area contributed by atoms with Crippen molar-refractivity contribution in [2.24, 2.45) is 5.41 Å². The number of nitrogens with zero attached hydrogens (tertiary/aromatic N) is 3. The van der Waals surface area contributed by atoms with Gasteiger partial charge in [0.15, 0.2) is 0 Å². The largest absolute Gasteiger partial charge is 0.311 e. The van der Waals surface area contributed by atoms with Gasteiger partial charge in [-0.2, -0.15) is 0 Å². The molecule has 1 heterocycles. The van der Waals surface area contributed by atoms with Crippen LogP contribution >= 0.6 is 0 Å². The summed E-state index contributed by atoms with van der Waals surface area (Å²) >= 11 is 0. The summed E-state index contributed by atoms with van der Waals surface area (Å²) in [5.41, 5.74) is 1.58. The molecule has 4 nitrogen and oxygen atoms in total. The number of aromatic nitrogens is 3. The van der Waals surface area contributed by atoms with Crippen LogP contribution in [0.1, 0.15) is 52.7 Å². The maximum Gasteiger partial charge on any atom is 0.0965 e. The molecule has 0 atom stereocenters. The molecule has 1 aliphatic carbocycles. The van der Waals surface area contributed by atoms with Gasteiger partial charge in [-0.05, 0) is 39.0 Å². The van der Waals surface area contributed by atoms with E-state index in [9.17, 15) is 0 Å². The van der Waals surface area contributed by atoms with Crippen molar-refractivity contribution >= 4 is 0 Å². The number of rotatable bonds is 4. The van der Waals surface area contributed by atoms with E-state index in [1.165, 1.54) is 19.3 Å². The Morgan fingerprint density at radius 2 is 2.12 bits per heavy atom. The molecule has 0 aliphatic heterocycles. The fourth-order valence-electron chi connectivity index (χ4n) is 2.16. The molecule has 0 saturated heterocycles. The predicted molar refractivity (Wildman–Crippen MR) is 68.7 cm³/mol. The first-order chi connectivity index (χ1) is 7.89. The van der Waals surface area contributed by atoms with Crippen LogP contribution in [0.25, 0.3) is 0 Å². The van der Waals surface area contributed by atoms with Crippen molar-refractivity contribution < 1.29 is 0 Å². The zero-order chi connectivity index (χ0) is 12.5. The fraction of sp³-hybridized carbons (Fsp3) is 0.846. The van der Waals surface area contributed by atoms with Crippen LogP contribution in [0.3, 0.4) is 0 Å². The molecule has 0 radical (unpaired) electrons. The van der Waals surface area contributed by atoms with E-state index in [2.05, 4.69) is 43.3 Å². The minimum absolute atomic E-state index is 0.0190. The molecule has 0 aromatic carbocycles. The van der Waals surface area contributed by atoms with Crippen LogP contribution in [-0.2, 0) is 12.1 Å². The summed E-state index contributed by atoms with van der Waals surface area (Å²) in [5, 5.41) is 11.9. The van der Waals surface area contributed by atoms with Gasteiger partial charge in [-0.15, -0.1) is 5.10 Å². The topological polar surface area (TPSA) is 42.7 Å². The molecule has 1 fully saturated rings. The molecule has 0 amide bonds. The SMILES string of the molecule is CC1(CNCc2cn(C(C)(C)C)nn2)CCC1. The molecule has 2 rings (SSSR count). The predicted octanol–water partition coefficient (Wildman–Crippen LogP) is 2.31. The highest BCUT2D eigenvalue weighted by molar-refractivity contribution is 4.95. The van der Waals surface area contributed by atoms with Crippen molar-refractivity contribution in [1.82, 2.24) is 20.3 Å². The van der Waals surface area contributed by atoms with Gasteiger partial charge in [0.2, 0.25) is 0 Å². The van der Waals surface area contributed by atoms with Crippen molar-refractivity contribution in [3.63, 3.8) is 0 Å². The van der Waals surface area contributed by atoms with Crippen LogP contribution in [-0.4, -0.2) is 21.5 Å². The quantitative estimate of drug-likeness (QED) is 0.872. The first-order valence-corrected chi connectivity index (χ1v) is 6.52. The van der Waals surface area contributed by atoms with E-state index in [1.54, 1.807) is 0 Å². The Balaban J connectivity index is 1.81. The highest BCUT2D eigenvalue weighted by Crippen LogP contribution is 2.39. The molecular weight excluding hydrogens is 212 g/mol. The number of hydrogen-bond donors (Lipinski definition) is 1. The summed E-state index contributed by atoms with van der Waals surface area (Å²) in [6.07, 6.45) is 6.14. The van der Waals surface area contributed by atoms with Crippen LogP contribution in [0.2, 0.25) is 0 Å². The summed E-state index contributed by atoms with van der Waals surface area (Å²) in [5.74, 6) is 0. The Hall–Kier alpha value is -0.900. The molecule has 0 spiro atoms. The minimum atomic E-state index is 0.0190. The van der Waals surface area contributed by atoms with Crippen LogP contribution < -0.4 is 5.32 Å². The van der Waals surface area contributed by atoms with Gasteiger partial charge in [-0.3, -0.25) is 0 Å². The van der Waals surface area contributed by atoms with Crippen molar-refractivity contribution in [2.45, 2.75) is 59.0 Å². The Labute approximate surface area is 104 Å². The van der Waals surface area contributed by atoms with Gasteiger partial charge in [-0.1, -0.05) is 18.6 Å². The summed E-state index contributed by atoms with van der Waals surface area (Å²) < 4.78 is 1.93. The van der Waals surface area contributed by atoms with Gasteiger partial charge < -0.3 is 5.32 Å². The normalized spacial score (nSPS) is 19.1. The third-order valence-corrected chi connectivity index (χ3v) is 3.65. The standard InChI is InChI=1S/C13H24N4/c1-12(2,3)17-9-11(15-16-17)8-14-10-13(4)6-5-7-13/h9,14H,5-8,10H2,1-4H3. The van der Waals surface area contributed by atoms with Gasteiger partial charge in [0.05, 0.1) is 17.4 Å². The van der Waals surface area contributed by atoms with Crippen molar-refractivity contribution in [3.8, 4) is 0 Å². The lowest BCUT2D eigenvalue weighted by molar-refractivity contribution is 0.156. The van der Waals surface area contributed by atoms with Gasteiger partial charge in [0.1, 0.15) is 0 Å². The van der Waals surface area contributed by atoms with E-state index >= 15 is 0 Å². The molecule has 1 saturated carbocycles. The molecule has 1 aliphatic rings. The zero-order valence-corrected chi connectivity index (χ0v) is 11.5. The first-order valence-electron chi connectivity index (χ1n) is 6.52. The summed E-state index contributed by atoms with van der Waals surface area (Å²) in [6.45, 7) is 10.7. The van der Waals surface area contributed by atoms with Gasteiger partial charge in [0, 0.05) is 13.1 Å². The second-order valence-corrected chi connectivity index (χ2v) is 6.59. The molecule has 1 N–H and O–H groups in total. The third-order valence-electron chi connectivity index (χ3n) is 3.65. The van der Waals surface area contributed by atoms with E-state index in [-0.39, 0.29) is 5.54 Å². The lowest BCUT2D eigenvalue weighted by atomic mass is 9.70. The second-order valence-electron chi connectivity index (χ2n) is 6.59. The first kappa shape index (κ1) is 12.6. The summed E-state index contributed by atoms with van der Waals surface area (Å²) in [4.78, 5) is 0. The molecule has 17 heavy (non-hydrogen) atoms. The molecular formula is C13H24N4. The highest BCUT2D eigenvalue weighted by atomic mass is 15.4. The third kappa shape index (κ3) is 3.06. The molecule has 96 valence electrons. The maximum atomic E-state index is 4.20. The molecule has 1 aromatic rings. The van der Waals surface area contributed by atoms with E-state index in [0.717, 1.165) is 18.8 Å². The van der Waals surface area contributed by atoms with Crippen molar-refractivity contribution in [2.75, 3.05) is 6.54 Å². The number of hydrogen-bond acceptors (Lipinski definition) is 3. The number of nitrogens with one attached hydrogen (secondary N) is 1. The molecule has 1 aromatic heterocycles. The average molecular weight is 236 g/mol. The Bertz CT molecular complexity index is 371. The smallest absolute Gasteiger partial charge is 0.0965 e. The lowest BCUT2D eigenvalue weighted by Gasteiger charge is -2.38. The van der Waals surface area contributed by atoms with Gasteiger partial charge in [-0.25, -0.2) is 4.68 Å². The van der Waals surface area contributed by atoms with Crippen LogP contribution in [0.5, 0.6) is 0 Å². The van der Waals surface area contributed by atoms with Gasteiger partial charge in [0.25, 0.3) is 0 Å². The highest BCUT2D eigenvalue weighted by Gasteiger charge is 2.30. The van der Waals surface area contributed by atoms with Crippen LogP contribution in [0.4, 0.5) is 0 Å². The van der Waals surface area contributed by atoms with Crippen LogP contribution in [0.15, 0.2) is 6.20 Å². The molecule has 0 bridgehead atoms. The average Bonchev–Trinajstić information content (AvgIpc) is 2.63. The van der Waals surface area contributed by atoms with Crippen molar-refractivity contribution in [3.05, 3.63) is 11.9 Å². The summed E-state index contributed by atoms with van der Waals surface area (Å²) in [7, 11) is 0. The zero-order valence-electron chi connectivity index (χ0n) is 11.5. The van der Waals surface area contributed by atoms with Crippen LogP contribution in [0, 0.1) is 5.41 Å². The summed E-state index contributed by atoms with van der Waals surface area (Å²) in [6, 6.07) is 0. The Kier molecular flexibility index (Phi) is 3.25. The monoisotopic (exact) mass is 236 g/mol. The van der Waals surface area contributed by atoms with E-state index in [1.807, 2.05) is 10.9 Å². The molecule has 0 unspecified atom stereocenters. The van der Waals surface area contributed by atoms with Crippen molar-refractivity contribution in [1.29, 1.82) is 0 Å². The fourth-order valence-corrected chi connectivity index (χ4v) is 2.16. The Morgan fingerprint density at radius 3 is 2.59 bits per heavy atom. The second kappa shape index (κ2) is 4.41. The Morgan fingerprint density at radius 1 is 1.41 bits per heavy atom. The molecule has 4 heteroatoms. The van der Waals surface area contributed by atoms with E-state index in [0.29, 0.717) is 5.41 Å². The minimum Gasteiger partial charge on any atom is -0.311 e. The lowest BCUT2D eigenvalue weighted by Crippen LogP contribution is -2.37. The maximum absolute atomic E-state index is 4.20. The van der Waals surface area contributed by atoms with E-state index in [4.69, 9.17) is 0 Å². The van der Waals surface area contributed by atoms with Gasteiger partial charge >= 0.3 is 0 Å².